The zero-order valence-corrected chi connectivity index (χ0v) is 59.5. The molecule has 3 aliphatic carbocycles. The number of nitrogens with zero attached hydrogens (tertiary/aromatic N) is 21. The van der Waals surface area contributed by atoms with Crippen molar-refractivity contribution in [2.24, 2.45) is 28.0 Å². The van der Waals surface area contributed by atoms with Gasteiger partial charge in [0.15, 0.2) is 58.2 Å². The molecular weight excluding hydrogens is 1390 g/mol. The van der Waals surface area contributed by atoms with Gasteiger partial charge in [0.1, 0.15) is 40.4 Å². The maximum Gasteiger partial charge on any atom is 0.341 e. The average molecular weight is 1490 g/mol. The number of aldehydes is 1. The molecule has 2 atom stereocenters. The van der Waals surface area contributed by atoms with Crippen LogP contribution in [0.15, 0.2) is 71.8 Å². The average Bonchev–Trinajstić information content (AvgIpc) is 1.63. The van der Waals surface area contributed by atoms with E-state index in [2.05, 4.69) is 107 Å². The number of carbonyl (C=O) groups is 4. The van der Waals surface area contributed by atoms with Crippen molar-refractivity contribution in [1.82, 2.24) is 78.9 Å². The lowest BCUT2D eigenvalue weighted by molar-refractivity contribution is -0.569. The van der Waals surface area contributed by atoms with Crippen molar-refractivity contribution in [2.45, 2.75) is 127 Å². The molecule has 0 spiro atoms. The lowest BCUT2D eigenvalue weighted by Crippen LogP contribution is -2.45. The highest BCUT2D eigenvalue weighted by atomic mass is 19.3. The van der Waals surface area contributed by atoms with Gasteiger partial charge in [-0.05, 0) is 113 Å². The lowest BCUT2D eigenvalue weighted by Gasteiger charge is -2.33. The fourth-order valence-electron chi connectivity index (χ4n) is 14.5. The topological polar surface area (TPSA) is 338 Å². The number of alkyl halides is 6. The molecule has 572 valence electrons. The number of piperazine rings is 3. The van der Waals surface area contributed by atoms with Crippen LogP contribution < -0.4 is 31.1 Å². The van der Waals surface area contributed by atoms with E-state index in [0.29, 0.717) is 48.5 Å². The summed E-state index contributed by atoms with van der Waals surface area (Å²) in [4.78, 5) is 75.4. The molecular formula is C69H94F6N24O7+2. The van der Waals surface area contributed by atoms with Gasteiger partial charge < -0.3 is 65.9 Å². The summed E-state index contributed by atoms with van der Waals surface area (Å²) in [5.41, 5.74) is 6.20. The third kappa shape index (κ3) is 17.9. The Morgan fingerprint density at radius 2 is 0.934 bits per heavy atom. The van der Waals surface area contributed by atoms with E-state index in [-0.39, 0.29) is 77.0 Å². The maximum absolute atomic E-state index is 13.8. The SMILES string of the molecule is CN1CCN(c2ccn3ncc(C(=O)NC4C=[N+](C5CCC(C=O)CC5)N=C4C(F)F)c3n2)CC1.CN1CCN(c2ccn3ncc(C(=O)NC4C=[N+](C5CCC(CO)CC5)N=C4C(F)F)c3n2)CC1.CN1CCN(c2ccn3ncc(C(=O)O)c3n2)CC1.Nc1cn(C2CCC(CO)CC2)nc1C(F)F.[2H][3H]. The number of carboxylic acids is 1. The van der Waals surface area contributed by atoms with Gasteiger partial charge in [-0.15, -0.1) is 0 Å². The van der Waals surface area contributed by atoms with Gasteiger partial charge >= 0.3 is 5.97 Å². The first-order valence-corrected chi connectivity index (χ1v) is 36.1. The van der Waals surface area contributed by atoms with E-state index in [1.54, 1.807) is 40.4 Å². The van der Waals surface area contributed by atoms with Crippen LogP contribution in [0, 0.1) is 17.8 Å². The number of likely N-dealkylation sites (N-methyl/N-ethyl adjacent to an activating group) is 3. The van der Waals surface area contributed by atoms with E-state index in [4.69, 9.17) is 18.9 Å². The number of hydrazone groups is 2. The van der Waals surface area contributed by atoms with Crippen LogP contribution in [-0.2, 0) is 4.79 Å². The van der Waals surface area contributed by atoms with E-state index in [9.17, 15) is 50.6 Å². The van der Waals surface area contributed by atoms with Crippen LogP contribution in [0.2, 0.25) is 0 Å². The van der Waals surface area contributed by atoms with Crippen LogP contribution in [0.3, 0.4) is 0 Å². The van der Waals surface area contributed by atoms with Crippen molar-refractivity contribution in [3.05, 3.63) is 84.0 Å². The number of aliphatic hydroxyl groups is 2. The predicted octanol–water partition coefficient (Wildman–Crippen LogP) is 4.46. The highest BCUT2D eigenvalue weighted by Gasteiger charge is 2.43. The van der Waals surface area contributed by atoms with Crippen molar-refractivity contribution in [3.8, 4) is 0 Å². The molecule has 12 heterocycles. The zero-order valence-electron chi connectivity index (χ0n) is 61.5. The number of nitrogens with one attached hydrogen (secondary N) is 2. The van der Waals surface area contributed by atoms with Crippen molar-refractivity contribution in [1.29, 1.82) is 0 Å². The van der Waals surface area contributed by atoms with Crippen molar-refractivity contribution >= 4 is 88.0 Å². The van der Waals surface area contributed by atoms with Gasteiger partial charge in [-0.2, -0.15) is 20.4 Å². The van der Waals surface area contributed by atoms with Crippen molar-refractivity contribution in [3.63, 3.8) is 0 Å². The number of carboxylic acid groups (broad SMARTS) is 1. The summed E-state index contributed by atoms with van der Waals surface area (Å²) >= 11 is 0. The monoisotopic (exact) mass is 1490 g/mol. The molecule has 5 aliphatic heterocycles. The van der Waals surface area contributed by atoms with Gasteiger partial charge in [0, 0.05) is 151 Å². The number of anilines is 4. The van der Waals surface area contributed by atoms with Crippen LogP contribution >= 0.6 is 0 Å². The molecule has 3 saturated heterocycles. The second kappa shape index (κ2) is 34.3. The quantitative estimate of drug-likeness (QED) is 0.0416. The summed E-state index contributed by atoms with van der Waals surface area (Å²) in [7, 11) is 6.24. The third-order valence-corrected chi connectivity index (χ3v) is 21.2. The second-order valence-corrected chi connectivity index (χ2v) is 28.3. The zero-order chi connectivity index (χ0) is 76.9. The molecule has 0 aromatic carbocycles. The summed E-state index contributed by atoms with van der Waals surface area (Å²) in [6, 6.07) is 3.62. The molecule has 6 fully saturated rings. The summed E-state index contributed by atoms with van der Waals surface area (Å²) in [6.07, 6.45) is 16.2. The summed E-state index contributed by atoms with van der Waals surface area (Å²) < 4.78 is 99.3. The van der Waals surface area contributed by atoms with E-state index in [1.807, 2.05) is 18.2 Å². The molecule has 37 heteroatoms. The normalized spacial score (nSPS) is 24.2. The molecule has 15 rings (SSSR count). The van der Waals surface area contributed by atoms with Crippen LogP contribution in [0.25, 0.3) is 16.9 Å². The number of hydrogen-bond acceptors (Lipinski definition) is 22. The number of aliphatic hydroxyl groups excluding tert-OH is 2. The number of nitrogens with two attached hydrogens (primary N) is 1. The Labute approximate surface area is 609 Å². The number of carbonyl (C=O) groups excluding carboxylic acids is 3. The van der Waals surface area contributed by atoms with Crippen LogP contribution in [0.5, 0.6) is 0 Å². The molecule has 7 N–H and O–H groups in total. The Kier molecular flexibility index (Phi) is 24.2. The lowest BCUT2D eigenvalue weighted by atomic mass is 9.87. The molecule has 2 unspecified atom stereocenters. The minimum absolute atomic E-state index is 0.0155. The van der Waals surface area contributed by atoms with Crippen LogP contribution in [0.4, 0.5) is 49.5 Å². The molecule has 8 aliphatic rings. The Bertz CT molecular complexity index is 4340. The first kappa shape index (κ1) is 74.7. The first-order chi connectivity index (χ1) is 52.1. The van der Waals surface area contributed by atoms with E-state index in [0.717, 1.165) is 154 Å². The number of rotatable bonds is 17. The van der Waals surface area contributed by atoms with Gasteiger partial charge in [0.2, 0.25) is 12.4 Å². The number of hydrogen-bond donors (Lipinski definition) is 6. The number of aromatic carboxylic acids is 1. The second-order valence-electron chi connectivity index (χ2n) is 28.3. The highest BCUT2D eigenvalue weighted by molar-refractivity contribution is 6.11. The number of nitrogen functional groups attached to an aromatic ring is 1. The molecule has 106 heavy (non-hydrogen) atoms. The largest absolute Gasteiger partial charge is 0.477 e. The third-order valence-electron chi connectivity index (χ3n) is 21.2. The Balaban J connectivity index is 0.000000149. The fraction of sp³-hybridized carbons (Fsp3) is 0.580. The maximum atomic E-state index is 13.8. The van der Waals surface area contributed by atoms with Crippen molar-refractivity contribution in [2.75, 3.05) is 133 Å². The minimum atomic E-state index is -2.81. The van der Waals surface area contributed by atoms with Gasteiger partial charge in [-0.25, -0.2) is 59.6 Å². The van der Waals surface area contributed by atoms with Gasteiger partial charge in [-0.1, -0.05) is 9.37 Å². The Hall–Kier alpha value is -9.59. The molecule has 0 radical (unpaired) electrons. The van der Waals surface area contributed by atoms with E-state index >= 15 is 0 Å². The minimum Gasteiger partial charge on any atom is -0.477 e. The van der Waals surface area contributed by atoms with Crippen molar-refractivity contribution < 1.29 is 73.2 Å². The number of fused-ring (bicyclic) bond motifs is 3. The number of amides is 2. The molecule has 31 nitrogen and oxygen atoms in total. The van der Waals surface area contributed by atoms with E-state index in [1.165, 1.54) is 43.0 Å². The van der Waals surface area contributed by atoms with Crippen LogP contribution in [-0.4, -0.2) is 291 Å². The molecule has 3 saturated carbocycles. The van der Waals surface area contributed by atoms with Crippen LogP contribution in [0.1, 0.15) is 129 Å². The van der Waals surface area contributed by atoms with Gasteiger partial charge in [-0.3, -0.25) is 14.3 Å². The smallest absolute Gasteiger partial charge is 0.341 e. The molecule has 7 aromatic rings. The Morgan fingerprint density at radius 1 is 0.566 bits per heavy atom. The standard InChI is InChI=1S/C23H30F2N8O2.C23H28F2N8O2.C12H15N5O2.C11H17F2N3O.H2/c2*1-30-8-10-31(11-9-30)19-6-7-32-22(28-19)17(12-26-32)23(35)27-18-13-33(29-20(18)21(24)25)16-4-2-15(14-34)3-5-16;1-15-4-6-16(7-5-15)10-2-3-17-11(14-10)9(8-13-17)12(18)19;12-11(13)10-9(14)5-16(15-10)8-3-1-7(6-17)2-4-8;/h6-7,12-13,15-16,18,21,34H,2-5,8-11,14H2,1H3;6-7,12-16,18,21H,2-5,8-11H2,1H3;2-3,8H,4-7H2,1H3,(H,18,19);5,7-8,11,17H,1-4,6,14H2;1H/p+2/i;;;;1+2D. The molecule has 2 amide bonds. The van der Waals surface area contributed by atoms with E-state index < -0.39 is 54.9 Å². The predicted molar refractivity (Wildman–Crippen MR) is 384 cm³/mol. The molecule has 0 bridgehead atoms. The van der Waals surface area contributed by atoms with Gasteiger partial charge in [0.05, 0.1) is 30.3 Å². The highest BCUT2D eigenvalue weighted by Crippen LogP contribution is 2.35. The van der Waals surface area contributed by atoms with Gasteiger partial charge in [0.25, 0.3) is 31.1 Å². The molecule has 7 aromatic heterocycles. The number of halogens is 6. The fourth-order valence-corrected chi connectivity index (χ4v) is 14.5. The number of aromatic nitrogens is 11. The summed E-state index contributed by atoms with van der Waals surface area (Å²) in [5, 5.41) is 57.4. The first-order valence-electron chi connectivity index (χ1n) is 37.1. The summed E-state index contributed by atoms with van der Waals surface area (Å²) in [5.74, 6) is 0.859. The summed E-state index contributed by atoms with van der Waals surface area (Å²) in [6.45, 7) is 11.1. The Morgan fingerprint density at radius 3 is 1.28 bits per heavy atom.